The van der Waals surface area contributed by atoms with Gasteiger partial charge < -0.3 is 19.3 Å². The van der Waals surface area contributed by atoms with Crippen LogP contribution in [0, 0.1) is 34.9 Å². The van der Waals surface area contributed by atoms with Crippen molar-refractivity contribution in [1.29, 1.82) is 0 Å². The maximum absolute atomic E-state index is 14.7. The van der Waals surface area contributed by atoms with Crippen LogP contribution in [0.4, 0.5) is 15.8 Å². The van der Waals surface area contributed by atoms with Gasteiger partial charge in [0.2, 0.25) is 23.6 Å². The van der Waals surface area contributed by atoms with E-state index in [0.717, 1.165) is 27.7 Å². The van der Waals surface area contributed by atoms with Gasteiger partial charge in [0.15, 0.2) is 11.5 Å². The number of aromatic hydroxyl groups is 1. The molecule has 3 fully saturated rings. The van der Waals surface area contributed by atoms with Gasteiger partial charge in [-0.2, -0.15) is 0 Å². The molecule has 2 aliphatic carbocycles. The standard InChI is InChI=1S/C45H40ClFN2O8/c1-5-57-38-21-26(10-18-36(38)50)40-30-15-16-31-39(32(30)23-33-42(52)49(44(54)45(33,40)2)28-13-17-35(47)34(46)22-28)43(53)48(41(31)51)27-11-7-24(8-12-27)6-9-25-20-29(55-3)14-19-37(25)56-4/h6-15,17-22,31-33,39-40,50H,5,16,23H2,1-4H3/t31-,32+,33-,39-,40-,45+/m0/s1. The van der Waals surface area contributed by atoms with E-state index in [2.05, 4.69) is 0 Å². The van der Waals surface area contributed by atoms with Crippen molar-refractivity contribution in [2.24, 2.45) is 29.1 Å². The van der Waals surface area contributed by atoms with Gasteiger partial charge in [0.1, 0.15) is 17.3 Å². The molecule has 2 aliphatic heterocycles. The Hall–Kier alpha value is -5.94. The number of phenols is 1. The van der Waals surface area contributed by atoms with E-state index < -0.39 is 52.6 Å². The summed E-state index contributed by atoms with van der Waals surface area (Å²) in [4.78, 5) is 60.3. The number of methoxy groups -OCH3 is 2. The van der Waals surface area contributed by atoms with Crippen LogP contribution in [0.3, 0.4) is 0 Å². The number of benzene rings is 4. The Morgan fingerprint density at radius 1 is 0.842 bits per heavy atom. The number of halogens is 2. The summed E-state index contributed by atoms with van der Waals surface area (Å²) < 4.78 is 30.8. The molecule has 2 saturated heterocycles. The minimum absolute atomic E-state index is 0.0857. The molecule has 12 heteroatoms. The fourth-order valence-electron chi connectivity index (χ4n) is 9.39. The number of rotatable bonds is 9. The average Bonchev–Trinajstić information content (AvgIpc) is 3.58. The molecule has 292 valence electrons. The smallest absolute Gasteiger partial charge is 0.241 e. The first-order valence-electron chi connectivity index (χ1n) is 18.8. The van der Waals surface area contributed by atoms with Crippen molar-refractivity contribution in [2.45, 2.75) is 32.6 Å². The molecule has 1 N–H and O–H groups in total. The van der Waals surface area contributed by atoms with E-state index in [-0.39, 0.29) is 53.5 Å². The number of ether oxygens (including phenoxy) is 3. The lowest BCUT2D eigenvalue weighted by atomic mass is 9.51. The average molecular weight is 791 g/mol. The first-order valence-corrected chi connectivity index (χ1v) is 19.2. The zero-order valence-corrected chi connectivity index (χ0v) is 32.5. The van der Waals surface area contributed by atoms with Gasteiger partial charge in [-0.3, -0.25) is 24.1 Å². The molecule has 10 nitrogen and oxygen atoms in total. The number of fused-ring (bicyclic) bond motifs is 4. The minimum atomic E-state index is -1.35. The summed E-state index contributed by atoms with van der Waals surface area (Å²) in [6.07, 6.45) is 6.14. The molecular weight excluding hydrogens is 751 g/mol. The van der Waals surface area contributed by atoms with Crippen molar-refractivity contribution in [3.8, 4) is 23.0 Å². The van der Waals surface area contributed by atoms with Gasteiger partial charge >= 0.3 is 0 Å². The van der Waals surface area contributed by atoms with E-state index in [1.165, 1.54) is 23.1 Å². The highest BCUT2D eigenvalue weighted by atomic mass is 35.5. The lowest BCUT2D eigenvalue weighted by Crippen LogP contribution is -2.48. The fourth-order valence-corrected chi connectivity index (χ4v) is 9.57. The second-order valence-electron chi connectivity index (χ2n) is 15.0. The Bertz CT molecular complexity index is 2390. The van der Waals surface area contributed by atoms with Crippen molar-refractivity contribution in [3.63, 3.8) is 0 Å². The van der Waals surface area contributed by atoms with Crippen LogP contribution in [0.2, 0.25) is 5.02 Å². The molecule has 0 bridgehead atoms. The number of imide groups is 2. The number of hydrogen-bond acceptors (Lipinski definition) is 8. The third-order valence-corrected chi connectivity index (χ3v) is 12.4. The predicted octanol–water partition coefficient (Wildman–Crippen LogP) is 8.21. The summed E-state index contributed by atoms with van der Waals surface area (Å²) in [7, 11) is 3.19. The molecule has 0 unspecified atom stereocenters. The van der Waals surface area contributed by atoms with Gasteiger partial charge in [-0.1, -0.05) is 53.6 Å². The highest BCUT2D eigenvalue weighted by Gasteiger charge is 2.67. The maximum Gasteiger partial charge on any atom is 0.241 e. The van der Waals surface area contributed by atoms with Crippen molar-refractivity contribution in [3.05, 3.63) is 118 Å². The molecule has 8 rings (SSSR count). The van der Waals surface area contributed by atoms with E-state index in [9.17, 15) is 28.7 Å². The van der Waals surface area contributed by atoms with E-state index in [4.69, 9.17) is 25.8 Å². The van der Waals surface area contributed by atoms with E-state index in [1.54, 1.807) is 52.3 Å². The van der Waals surface area contributed by atoms with Gasteiger partial charge in [-0.25, -0.2) is 9.29 Å². The fraction of sp³-hybridized carbons (Fsp3) is 0.289. The number of amides is 4. The van der Waals surface area contributed by atoms with E-state index in [0.29, 0.717) is 22.7 Å². The molecule has 4 aromatic carbocycles. The second-order valence-corrected chi connectivity index (χ2v) is 15.4. The van der Waals surface area contributed by atoms with Crippen LogP contribution in [0.1, 0.15) is 49.3 Å². The van der Waals surface area contributed by atoms with Crippen LogP contribution in [0.15, 0.2) is 90.5 Å². The number of phenolic OH excluding ortho intramolecular Hbond substituents is 1. The maximum atomic E-state index is 14.7. The second kappa shape index (κ2) is 14.5. The van der Waals surface area contributed by atoms with Crippen LogP contribution in [0.25, 0.3) is 12.2 Å². The minimum Gasteiger partial charge on any atom is -0.504 e. The van der Waals surface area contributed by atoms with Gasteiger partial charge in [0.05, 0.1) is 60.4 Å². The van der Waals surface area contributed by atoms with Gasteiger partial charge in [-0.05, 0) is 104 Å². The predicted molar refractivity (Wildman–Crippen MR) is 213 cm³/mol. The summed E-state index contributed by atoms with van der Waals surface area (Å²) in [6, 6.07) is 21.2. The highest BCUT2D eigenvalue weighted by Crippen LogP contribution is 2.64. The van der Waals surface area contributed by atoms with Gasteiger partial charge in [0, 0.05) is 11.5 Å². The third kappa shape index (κ3) is 6.07. The van der Waals surface area contributed by atoms with Crippen LogP contribution in [0.5, 0.6) is 23.0 Å². The van der Waals surface area contributed by atoms with Crippen molar-refractivity contribution in [2.75, 3.05) is 30.6 Å². The SMILES string of the molecule is CCOc1cc([C@H]2C3=CC[C@@H]4C(=O)N(c5ccc(C=Cc6cc(OC)ccc6OC)cc5)C(=O)[C@@H]4[C@@H]3C[C@H]3C(=O)N(c4ccc(F)c(Cl)c4)C(=O)[C@@]23C)ccc1O. The zero-order chi connectivity index (χ0) is 40.3. The summed E-state index contributed by atoms with van der Waals surface area (Å²) in [5, 5.41) is 10.4. The molecule has 0 aromatic heterocycles. The Morgan fingerprint density at radius 3 is 2.30 bits per heavy atom. The van der Waals surface area contributed by atoms with Crippen molar-refractivity contribution >= 4 is 58.8 Å². The van der Waals surface area contributed by atoms with Gasteiger partial charge in [0.25, 0.3) is 0 Å². The Morgan fingerprint density at radius 2 is 1.60 bits per heavy atom. The normalized spacial score (nSPS) is 25.4. The third-order valence-electron chi connectivity index (χ3n) is 12.1. The molecule has 0 spiro atoms. The zero-order valence-electron chi connectivity index (χ0n) is 31.7. The van der Waals surface area contributed by atoms with E-state index in [1.807, 2.05) is 48.6 Å². The van der Waals surface area contributed by atoms with Crippen molar-refractivity contribution in [1.82, 2.24) is 0 Å². The number of hydrogen-bond donors (Lipinski definition) is 1. The quantitative estimate of drug-likeness (QED) is 0.102. The molecular formula is C45H40ClFN2O8. The summed E-state index contributed by atoms with van der Waals surface area (Å²) in [5.41, 5.74) is 2.25. The molecule has 0 radical (unpaired) electrons. The lowest BCUT2D eigenvalue weighted by molar-refractivity contribution is -0.131. The van der Waals surface area contributed by atoms with Gasteiger partial charge in [-0.15, -0.1) is 0 Å². The number of carbonyl (C=O) groups excluding carboxylic acids is 4. The molecule has 6 atom stereocenters. The number of allylic oxidation sites excluding steroid dienone is 2. The van der Waals surface area contributed by atoms with Crippen LogP contribution < -0.4 is 24.0 Å². The molecule has 4 aliphatic rings. The Balaban J connectivity index is 1.15. The number of nitrogens with zero attached hydrogens (tertiary/aromatic N) is 2. The van der Waals surface area contributed by atoms with Crippen molar-refractivity contribution < 1.29 is 42.9 Å². The highest BCUT2D eigenvalue weighted by molar-refractivity contribution is 6.32. The van der Waals surface area contributed by atoms with Crippen LogP contribution >= 0.6 is 11.6 Å². The Labute approximate surface area is 334 Å². The summed E-state index contributed by atoms with van der Waals surface area (Å²) in [6.45, 7) is 3.81. The molecule has 4 amide bonds. The topological polar surface area (TPSA) is 123 Å². The largest absolute Gasteiger partial charge is 0.504 e. The van der Waals surface area contributed by atoms with E-state index >= 15 is 0 Å². The monoisotopic (exact) mass is 790 g/mol. The van der Waals surface area contributed by atoms with Crippen LogP contribution in [-0.4, -0.2) is 49.6 Å². The molecule has 57 heavy (non-hydrogen) atoms. The first-order chi connectivity index (χ1) is 27.4. The number of anilines is 2. The molecule has 1 saturated carbocycles. The Kier molecular flexibility index (Phi) is 9.68. The summed E-state index contributed by atoms with van der Waals surface area (Å²) in [5.74, 6) is -4.55. The van der Waals surface area contributed by atoms with Crippen LogP contribution in [-0.2, 0) is 19.2 Å². The molecule has 4 aromatic rings. The number of carbonyl (C=O) groups is 4. The lowest BCUT2D eigenvalue weighted by Gasteiger charge is -2.49. The first kappa shape index (κ1) is 38.0. The summed E-state index contributed by atoms with van der Waals surface area (Å²) >= 11 is 6.13. The molecule has 2 heterocycles.